The summed E-state index contributed by atoms with van der Waals surface area (Å²) in [7, 11) is 0. The molecule has 0 aromatic heterocycles. The summed E-state index contributed by atoms with van der Waals surface area (Å²) in [5.74, 6) is -1.44. The van der Waals surface area contributed by atoms with Crippen LogP contribution >= 0.6 is 11.8 Å². The van der Waals surface area contributed by atoms with E-state index in [1.165, 1.54) is 0 Å². The van der Waals surface area contributed by atoms with Gasteiger partial charge in [-0.15, -0.1) is 0 Å². The smallest absolute Gasteiger partial charge is 0.272 e. The van der Waals surface area contributed by atoms with Crippen LogP contribution in [0.25, 0.3) is 0 Å². The molecule has 0 N–H and O–H groups in total. The average molecular weight is 167 g/mol. The molecule has 1 fully saturated rings. The lowest BCUT2D eigenvalue weighted by Gasteiger charge is -2.38. The van der Waals surface area contributed by atoms with Crippen LogP contribution in [0, 0.1) is 0 Å². The average Bonchev–Trinajstić information content (AvgIpc) is 1.78. The first kappa shape index (κ1) is 8.27. The maximum atomic E-state index is 12.2. The van der Waals surface area contributed by atoms with Crippen LogP contribution in [0.5, 0.6) is 0 Å². The molecule has 1 aliphatic rings. The molecular weight excluding hydrogens is 156 g/mol. The number of likely N-dealkylation sites (tertiary alicyclic amines) is 1. The molecule has 1 rings (SSSR count). The third-order valence-corrected chi connectivity index (χ3v) is 2.11. The lowest BCUT2D eigenvalue weighted by Crippen LogP contribution is -2.56. The SMILES string of the molecule is CSCCN1CC(F)(F)C1. The summed E-state index contributed by atoms with van der Waals surface area (Å²) in [6, 6.07) is 0. The van der Waals surface area contributed by atoms with Gasteiger partial charge in [0, 0.05) is 12.3 Å². The topological polar surface area (TPSA) is 3.24 Å². The Bertz CT molecular complexity index is 110. The van der Waals surface area contributed by atoms with E-state index in [9.17, 15) is 8.78 Å². The molecule has 4 heteroatoms. The summed E-state index contributed by atoms with van der Waals surface area (Å²) < 4.78 is 24.3. The van der Waals surface area contributed by atoms with Gasteiger partial charge in [-0.3, -0.25) is 4.90 Å². The highest BCUT2D eigenvalue weighted by Gasteiger charge is 2.42. The Morgan fingerprint density at radius 1 is 1.50 bits per heavy atom. The van der Waals surface area contributed by atoms with Crippen molar-refractivity contribution in [2.24, 2.45) is 0 Å². The fourth-order valence-corrected chi connectivity index (χ4v) is 1.43. The number of hydrogen-bond acceptors (Lipinski definition) is 2. The van der Waals surface area contributed by atoms with Gasteiger partial charge in [-0.05, 0) is 6.26 Å². The van der Waals surface area contributed by atoms with E-state index in [2.05, 4.69) is 0 Å². The zero-order valence-electron chi connectivity index (χ0n) is 5.94. The van der Waals surface area contributed by atoms with Crippen molar-refractivity contribution >= 4 is 11.8 Å². The second-order valence-corrected chi connectivity index (χ2v) is 3.55. The van der Waals surface area contributed by atoms with Crippen molar-refractivity contribution in [2.45, 2.75) is 5.92 Å². The van der Waals surface area contributed by atoms with Crippen LogP contribution in [0.4, 0.5) is 8.78 Å². The minimum absolute atomic E-state index is 0.0342. The number of nitrogens with zero attached hydrogens (tertiary/aromatic N) is 1. The summed E-state index contributed by atoms with van der Waals surface area (Å²) >= 11 is 1.69. The van der Waals surface area contributed by atoms with Crippen LogP contribution in [0.2, 0.25) is 0 Å². The lowest BCUT2D eigenvalue weighted by atomic mass is 10.1. The second-order valence-electron chi connectivity index (χ2n) is 2.56. The maximum Gasteiger partial charge on any atom is 0.272 e. The van der Waals surface area contributed by atoms with Crippen molar-refractivity contribution in [3.63, 3.8) is 0 Å². The van der Waals surface area contributed by atoms with Gasteiger partial charge in [-0.2, -0.15) is 11.8 Å². The molecule has 10 heavy (non-hydrogen) atoms. The van der Waals surface area contributed by atoms with Gasteiger partial charge < -0.3 is 0 Å². The van der Waals surface area contributed by atoms with Crippen LogP contribution in [0.3, 0.4) is 0 Å². The van der Waals surface area contributed by atoms with Gasteiger partial charge in [0.1, 0.15) is 0 Å². The Kier molecular flexibility index (Phi) is 2.52. The predicted molar refractivity (Wildman–Crippen MR) is 39.8 cm³/mol. The van der Waals surface area contributed by atoms with E-state index < -0.39 is 5.92 Å². The largest absolute Gasteiger partial charge is 0.291 e. The Labute approximate surface area is 63.8 Å². The van der Waals surface area contributed by atoms with E-state index in [0.29, 0.717) is 0 Å². The van der Waals surface area contributed by atoms with Crippen LogP contribution in [0.15, 0.2) is 0 Å². The fraction of sp³-hybridized carbons (Fsp3) is 1.00. The summed E-state index contributed by atoms with van der Waals surface area (Å²) in [5, 5.41) is 0. The number of alkyl halides is 2. The van der Waals surface area contributed by atoms with Gasteiger partial charge in [0.05, 0.1) is 13.1 Å². The molecule has 0 amide bonds. The first-order valence-electron chi connectivity index (χ1n) is 3.23. The summed E-state index contributed by atoms with van der Waals surface area (Å²) in [6.07, 6.45) is 1.98. The number of halogens is 2. The van der Waals surface area contributed by atoms with Gasteiger partial charge in [-0.25, -0.2) is 8.78 Å². The minimum atomic E-state index is -2.39. The summed E-state index contributed by atoms with van der Waals surface area (Å²) in [4.78, 5) is 1.77. The van der Waals surface area contributed by atoms with Crippen LogP contribution in [-0.4, -0.2) is 42.5 Å². The Hall–Kier alpha value is 0.170. The number of thioether (sulfide) groups is 1. The molecular formula is C6H11F2NS. The Morgan fingerprint density at radius 3 is 2.50 bits per heavy atom. The molecule has 0 aromatic rings. The number of rotatable bonds is 3. The fourth-order valence-electron chi connectivity index (χ4n) is 0.986. The highest BCUT2D eigenvalue weighted by Crippen LogP contribution is 2.26. The monoisotopic (exact) mass is 167 g/mol. The zero-order chi connectivity index (χ0) is 7.61. The quantitative estimate of drug-likeness (QED) is 0.623. The maximum absolute atomic E-state index is 12.2. The third kappa shape index (κ3) is 2.09. The molecule has 0 radical (unpaired) electrons. The standard InChI is InChI=1S/C6H11F2NS/c1-10-3-2-9-4-6(7,8)5-9/h2-5H2,1H3. The van der Waals surface area contributed by atoms with Crippen molar-refractivity contribution in [2.75, 3.05) is 31.6 Å². The zero-order valence-corrected chi connectivity index (χ0v) is 6.76. The van der Waals surface area contributed by atoms with Crippen LogP contribution in [0.1, 0.15) is 0 Å². The number of hydrogen-bond donors (Lipinski definition) is 0. The van der Waals surface area contributed by atoms with E-state index in [-0.39, 0.29) is 13.1 Å². The minimum Gasteiger partial charge on any atom is -0.291 e. The van der Waals surface area contributed by atoms with E-state index in [4.69, 9.17) is 0 Å². The molecule has 0 bridgehead atoms. The molecule has 60 valence electrons. The molecule has 1 saturated heterocycles. The van der Waals surface area contributed by atoms with Gasteiger partial charge in [0.15, 0.2) is 0 Å². The normalized spacial score (nSPS) is 24.3. The van der Waals surface area contributed by atoms with Crippen LogP contribution in [-0.2, 0) is 0 Å². The first-order valence-corrected chi connectivity index (χ1v) is 4.62. The first-order chi connectivity index (χ1) is 4.64. The van der Waals surface area contributed by atoms with E-state index in [1.807, 2.05) is 6.26 Å². The van der Waals surface area contributed by atoms with Crippen molar-refractivity contribution in [3.05, 3.63) is 0 Å². The van der Waals surface area contributed by atoms with Crippen molar-refractivity contribution < 1.29 is 8.78 Å². The third-order valence-electron chi connectivity index (χ3n) is 1.52. The molecule has 1 heterocycles. The Morgan fingerprint density at radius 2 is 2.10 bits per heavy atom. The van der Waals surface area contributed by atoms with Crippen LogP contribution < -0.4 is 0 Å². The highest BCUT2D eigenvalue weighted by atomic mass is 32.2. The molecule has 0 aromatic carbocycles. The van der Waals surface area contributed by atoms with Crippen molar-refractivity contribution in [3.8, 4) is 0 Å². The van der Waals surface area contributed by atoms with Gasteiger partial charge in [0.25, 0.3) is 5.92 Å². The second kappa shape index (κ2) is 3.05. The molecule has 1 nitrogen and oxygen atoms in total. The van der Waals surface area contributed by atoms with Gasteiger partial charge in [-0.1, -0.05) is 0 Å². The lowest BCUT2D eigenvalue weighted by molar-refractivity contribution is -0.127. The van der Waals surface area contributed by atoms with Crippen molar-refractivity contribution in [1.29, 1.82) is 0 Å². The molecule has 0 atom stereocenters. The van der Waals surface area contributed by atoms with E-state index in [1.54, 1.807) is 16.7 Å². The molecule has 0 aliphatic carbocycles. The Balaban J connectivity index is 2.03. The summed E-state index contributed by atoms with van der Waals surface area (Å²) in [5.41, 5.74) is 0. The highest BCUT2D eigenvalue weighted by molar-refractivity contribution is 7.98. The van der Waals surface area contributed by atoms with Gasteiger partial charge in [0.2, 0.25) is 0 Å². The van der Waals surface area contributed by atoms with Crippen molar-refractivity contribution in [1.82, 2.24) is 4.90 Å². The molecule has 0 unspecified atom stereocenters. The van der Waals surface area contributed by atoms with Gasteiger partial charge >= 0.3 is 0 Å². The summed E-state index contributed by atoms with van der Waals surface area (Å²) in [6.45, 7) is 0.734. The molecule has 1 aliphatic heterocycles. The van der Waals surface area contributed by atoms with E-state index >= 15 is 0 Å². The molecule has 0 spiro atoms. The van der Waals surface area contributed by atoms with E-state index in [0.717, 1.165) is 12.3 Å². The predicted octanol–water partition coefficient (Wildman–Crippen LogP) is 1.30. The molecule has 0 saturated carbocycles.